The van der Waals surface area contributed by atoms with Gasteiger partial charge in [0, 0.05) is 5.75 Å². The fraction of sp³-hybridized carbons (Fsp3) is 0.857. The number of hydrogen-bond donors (Lipinski definition) is 2. The molecular weight excluding hydrogens is 162 g/mol. The average Bonchev–Trinajstić information content (AvgIpc) is 1.97. The van der Waals surface area contributed by atoms with Crippen LogP contribution < -0.4 is 5.32 Å². The molecule has 0 aromatic heterocycles. The van der Waals surface area contributed by atoms with Crippen LogP contribution in [0.1, 0.15) is 13.3 Å². The van der Waals surface area contributed by atoms with Gasteiger partial charge in [-0.05, 0) is 19.2 Å². The van der Waals surface area contributed by atoms with Crippen molar-refractivity contribution in [3.63, 3.8) is 0 Å². The van der Waals surface area contributed by atoms with Crippen molar-refractivity contribution in [2.24, 2.45) is 0 Å². The first kappa shape index (κ1) is 10.8. The summed E-state index contributed by atoms with van der Waals surface area (Å²) in [4.78, 5) is 10.5. The molecule has 0 fully saturated rings. The maximum absolute atomic E-state index is 10.5. The lowest BCUT2D eigenvalue weighted by Gasteiger charge is -2.11. The molecule has 0 radical (unpaired) electrons. The minimum Gasteiger partial charge on any atom is -0.480 e. The minimum atomic E-state index is -0.757. The molecule has 1 unspecified atom stereocenters. The lowest BCUT2D eigenvalue weighted by Crippen LogP contribution is -2.39. The molecule has 4 heteroatoms. The van der Waals surface area contributed by atoms with Gasteiger partial charge in [-0.15, -0.1) is 0 Å². The van der Waals surface area contributed by atoms with Gasteiger partial charge >= 0.3 is 5.97 Å². The monoisotopic (exact) mass is 177 g/mol. The molecule has 66 valence electrons. The van der Waals surface area contributed by atoms with Crippen molar-refractivity contribution in [2.75, 3.05) is 18.6 Å². The first-order chi connectivity index (χ1) is 5.22. The van der Waals surface area contributed by atoms with Gasteiger partial charge in [0.05, 0.1) is 0 Å². The summed E-state index contributed by atoms with van der Waals surface area (Å²) < 4.78 is 0. The third kappa shape index (κ3) is 5.09. The molecule has 11 heavy (non-hydrogen) atoms. The summed E-state index contributed by atoms with van der Waals surface area (Å²) in [5, 5.41) is 11.6. The Kier molecular flexibility index (Phi) is 6.36. The molecule has 1 atom stereocenters. The molecule has 0 saturated carbocycles. The van der Waals surface area contributed by atoms with Crippen molar-refractivity contribution in [1.82, 2.24) is 5.32 Å². The zero-order valence-electron chi connectivity index (χ0n) is 6.96. The largest absolute Gasteiger partial charge is 0.480 e. The van der Waals surface area contributed by atoms with Crippen molar-refractivity contribution in [2.45, 2.75) is 19.4 Å². The summed E-state index contributed by atoms with van der Waals surface area (Å²) in [5.41, 5.74) is 0. The molecule has 0 rings (SSSR count). The molecule has 0 amide bonds. The zero-order chi connectivity index (χ0) is 8.69. The molecule has 0 aromatic rings. The summed E-state index contributed by atoms with van der Waals surface area (Å²) in [6.45, 7) is 2.79. The SMILES string of the molecule is CCCNC(CSC)C(=O)O. The summed E-state index contributed by atoms with van der Waals surface area (Å²) >= 11 is 1.55. The predicted octanol–water partition coefficient (Wildman–Crippen LogP) is 0.802. The first-order valence-electron chi connectivity index (χ1n) is 3.67. The number of thioether (sulfide) groups is 1. The second-order valence-corrected chi connectivity index (χ2v) is 3.21. The van der Waals surface area contributed by atoms with Crippen LogP contribution in [-0.2, 0) is 4.79 Å². The van der Waals surface area contributed by atoms with E-state index in [1.807, 2.05) is 13.2 Å². The van der Waals surface area contributed by atoms with E-state index in [4.69, 9.17) is 5.11 Å². The topological polar surface area (TPSA) is 49.3 Å². The fourth-order valence-corrected chi connectivity index (χ4v) is 1.30. The minimum absolute atomic E-state index is 0.384. The van der Waals surface area contributed by atoms with E-state index in [9.17, 15) is 4.79 Å². The van der Waals surface area contributed by atoms with Crippen LogP contribution in [0.15, 0.2) is 0 Å². The number of carboxylic acids is 1. The number of nitrogens with one attached hydrogen (secondary N) is 1. The van der Waals surface area contributed by atoms with E-state index >= 15 is 0 Å². The zero-order valence-corrected chi connectivity index (χ0v) is 7.78. The van der Waals surface area contributed by atoms with E-state index < -0.39 is 5.97 Å². The van der Waals surface area contributed by atoms with E-state index in [0.717, 1.165) is 13.0 Å². The molecule has 0 bridgehead atoms. The molecule has 0 saturated heterocycles. The number of carboxylic acid groups (broad SMARTS) is 1. The van der Waals surface area contributed by atoms with Crippen molar-refractivity contribution in [1.29, 1.82) is 0 Å². The van der Waals surface area contributed by atoms with Gasteiger partial charge in [-0.3, -0.25) is 4.79 Å². The number of aliphatic carboxylic acids is 1. The highest BCUT2D eigenvalue weighted by Crippen LogP contribution is 1.97. The van der Waals surface area contributed by atoms with E-state index in [0.29, 0.717) is 5.75 Å². The second-order valence-electron chi connectivity index (χ2n) is 2.30. The summed E-state index contributed by atoms with van der Waals surface area (Å²) in [6.07, 6.45) is 2.88. The van der Waals surface area contributed by atoms with Crippen molar-refractivity contribution < 1.29 is 9.90 Å². The van der Waals surface area contributed by atoms with Crippen molar-refractivity contribution in [3.8, 4) is 0 Å². The fourth-order valence-electron chi connectivity index (χ4n) is 0.703. The first-order valence-corrected chi connectivity index (χ1v) is 5.06. The van der Waals surface area contributed by atoms with E-state index in [1.54, 1.807) is 11.8 Å². The molecule has 2 N–H and O–H groups in total. The van der Waals surface area contributed by atoms with Crippen molar-refractivity contribution >= 4 is 17.7 Å². The molecule has 0 aliphatic carbocycles. The Morgan fingerprint density at radius 3 is 2.73 bits per heavy atom. The Morgan fingerprint density at radius 1 is 1.73 bits per heavy atom. The molecule has 0 heterocycles. The average molecular weight is 177 g/mol. The molecule has 0 spiro atoms. The summed E-state index contributed by atoms with van der Waals surface area (Å²) in [6, 6.07) is -0.384. The van der Waals surface area contributed by atoms with Gasteiger partial charge < -0.3 is 10.4 Å². The van der Waals surface area contributed by atoms with Gasteiger partial charge in [0.25, 0.3) is 0 Å². The molecule has 0 aliphatic heterocycles. The number of rotatable bonds is 6. The van der Waals surface area contributed by atoms with E-state index in [2.05, 4.69) is 5.32 Å². The van der Waals surface area contributed by atoms with E-state index in [-0.39, 0.29) is 6.04 Å². The van der Waals surface area contributed by atoms with Gasteiger partial charge in [0.15, 0.2) is 0 Å². The Balaban J connectivity index is 3.60. The Labute approximate surface area is 71.6 Å². The molecule has 3 nitrogen and oxygen atoms in total. The standard InChI is InChI=1S/C7H15NO2S/c1-3-4-8-6(5-11-2)7(9)10/h6,8H,3-5H2,1-2H3,(H,9,10). The van der Waals surface area contributed by atoms with Crippen LogP contribution in [-0.4, -0.2) is 35.7 Å². The second kappa shape index (κ2) is 6.49. The normalized spacial score (nSPS) is 12.9. The maximum atomic E-state index is 10.5. The van der Waals surface area contributed by atoms with Gasteiger partial charge in [0.1, 0.15) is 6.04 Å². The molecule has 0 aromatic carbocycles. The Morgan fingerprint density at radius 2 is 2.36 bits per heavy atom. The van der Waals surface area contributed by atoms with E-state index in [1.165, 1.54) is 0 Å². The smallest absolute Gasteiger partial charge is 0.321 e. The third-order valence-corrected chi connectivity index (χ3v) is 1.94. The predicted molar refractivity (Wildman–Crippen MR) is 48.1 cm³/mol. The number of hydrogen-bond acceptors (Lipinski definition) is 3. The lowest BCUT2D eigenvalue weighted by atomic mass is 10.3. The van der Waals surface area contributed by atoms with Crippen LogP contribution >= 0.6 is 11.8 Å². The van der Waals surface area contributed by atoms with Gasteiger partial charge in [0.2, 0.25) is 0 Å². The van der Waals surface area contributed by atoms with Gasteiger partial charge in [-0.1, -0.05) is 6.92 Å². The number of carbonyl (C=O) groups is 1. The van der Waals surface area contributed by atoms with Crippen LogP contribution in [0.4, 0.5) is 0 Å². The van der Waals surface area contributed by atoms with Crippen LogP contribution in [0.25, 0.3) is 0 Å². The summed E-state index contributed by atoms with van der Waals surface area (Å²) in [5.74, 6) is -0.122. The Hall–Kier alpha value is -0.220. The highest BCUT2D eigenvalue weighted by atomic mass is 32.2. The van der Waals surface area contributed by atoms with Crippen LogP contribution in [0.2, 0.25) is 0 Å². The lowest BCUT2D eigenvalue weighted by molar-refractivity contribution is -0.138. The third-order valence-electron chi connectivity index (χ3n) is 1.27. The molecule has 0 aliphatic rings. The quantitative estimate of drug-likeness (QED) is 0.630. The van der Waals surface area contributed by atoms with Crippen LogP contribution in [0.3, 0.4) is 0 Å². The summed E-state index contributed by atoms with van der Waals surface area (Å²) in [7, 11) is 0. The maximum Gasteiger partial charge on any atom is 0.321 e. The van der Waals surface area contributed by atoms with Crippen LogP contribution in [0, 0.1) is 0 Å². The van der Waals surface area contributed by atoms with Gasteiger partial charge in [-0.25, -0.2) is 0 Å². The Bertz CT molecular complexity index is 119. The molecular formula is C7H15NO2S. The van der Waals surface area contributed by atoms with Gasteiger partial charge in [-0.2, -0.15) is 11.8 Å². The highest BCUT2D eigenvalue weighted by molar-refractivity contribution is 7.98. The van der Waals surface area contributed by atoms with Crippen LogP contribution in [0.5, 0.6) is 0 Å². The highest BCUT2D eigenvalue weighted by Gasteiger charge is 2.14. The van der Waals surface area contributed by atoms with Crippen molar-refractivity contribution in [3.05, 3.63) is 0 Å².